The maximum Gasteiger partial charge on any atom is 0.0109 e. The van der Waals surface area contributed by atoms with E-state index in [4.69, 9.17) is 4.89 Å². The highest BCUT2D eigenvalue weighted by Crippen LogP contribution is 2.07. The molecule has 0 aromatic carbocycles. The van der Waals surface area contributed by atoms with Crippen molar-refractivity contribution in [2.24, 2.45) is 5.92 Å². The second-order valence-corrected chi connectivity index (χ2v) is 2.48. The monoisotopic (exact) mass is 106 g/mol. The molecule has 0 spiro atoms. The van der Waals surface area contributed by atoms with Crippen molar-refractivity contribution in [1.29, 1.82) is 0 Å². The fraction of sp³-hybridized carbons (Fsp3) is 1.00. The Morgan fingerprint density at radius 3 is 2.17 bits per heavy atom. The standard InChI is InChI=1S/C4H11OP/c1-4(2)3-6-5/h4-6H,3H2,1-2H3. The molecule has 0 saturated heterocycles. The Morgan fingerprint density at radius 1 is 1.67 bits per heavy atom. The van der Waals surface area contributed by atoms with Gasteiger partial charge in [-0.15, -0.1) is 0 Å². The molecular weight excluding hydrogens is 95.0 g/mol. The van der Waals surface area contributed by atoms with Gasteiger partial charge in [0, 0.05) is 8.81 Å². The van der Waals surface area contributed by atoms with Crippen LogP contribution in [0.4, 0.5) is 0 Å². The fourth-order valence-corrected chi connectivity index (χ4v) is 0.548. The maximum atomic E-state index is 8.26. The fourth-order valence-electron chi connectivity index (χ4n) is 0.183. The molecule has 0 aromatic heterocycles. The van der Waals surface area contributed by atoms with Crippen molar-refractivity contribution in [3.05, 3.63) is 0 Å². The Labute approximate surface area is 40.6 Å². The molecule has 38 valence electrons. The van der Waals surface area contributed by atoms with Crippen LogP contribution in [0.5, 0.6) is 0 Å². The third-order valence-electron chi connectivity index (χ3n) is 0.500. The Balaban J connectivity index is 2.63. The van der Waals surface area contributed by atoms with Crippen LogP contribution in [0.3, 0.4) is 0 Å². The summed E-state index contributed by atoms with van der Waals surface area (Å²) in [6.45, 7) is 4.20. The van der Waals surface area contributed by atoms with Gasteiger partial charge in [0.15, 0.2) is 0 Å². The van der Waals surface area contributed by atoms with Gasteiger partial charge in [0.2, 0.25) is 0 Å². The first-order chi connectivity index (χ1) is 2.77. The first-order valence-corrected chi connectivity index (χ1v) is 3.29. The predicted octanol–water partition coefficient (Wildman–Crippen LogP) is 1.23. The van der Waals surface area contributed by atoms with Crippen molar-refractivity contribution in [3.8, 4) is 0 Å². The van der Waals surface area contributed by atoms with Gasteiger partial charge in [-0.05, 0) is 12.1 Å². The second-order valence-electron chi connectivity index (χ2n) is 1.76. The third kappa shape index (κ3) is 4.39. The molecule has 0 aliphatic heterocycles. The van der Waals surface area contributed by atoms with Gasteiger partial charge in [-0.25, -0.2) is 0 Å². The molecule has 0 aliphatic rings. The smallest absolute Gasteiger partial charge is 0.0109 e. The van der Waals surface area contributed by atoms with Crippen LogP contribution in [0.25, 0.3) is 0 Å². The summed E-state index contributed by atoms with van der Waals surface area (Å²) < 4.78 is 0. The van der Waals surface area contributed by atoms with Crippen molar-refractivity contribution >= 4 is 8.81 Å². The molecule has 0 bridgehead atoms. The van der Waals surface area contributed by atoms with Crippen LogP contribution >= 0.6 is 8.81 Å². The Bertz CT molecular complexity index is 28.7. The summed E-state index contributed by atoms with van der Waals surface area (Å²) in [5, 5.41) is 0. The van der Waals surface area contributed by atoms with E-state index in [0.29, 0.717) is 5.92 Å². The van der Waals surface area contributed by atoms with Crippen LogP contribution in [-0.4, -0.2) is 11.1 Å². The number of hydrogen-bond donors (Lipinski definition) is 1. The highest BCUT2D eigenvalue weighted by atomic mass is 31.1. The lowest BCUT2D eigenvalue weighted by Gasteiger charge is -1.95. The van der Waals surface area contributed by atoms with Crippen molar-refractivity contribution < 1.29 is 4.89 Å². The van der Waals surface area contributed by atoms with Gasteiger partial charge in [-0.1, -0.05) is 13.8 Å². The Kier molecular flexibility index (Phi) is 3.81. The van der Waals surface area contributed by atoms with Crippen LogP contribution < -0.4 is 0 Å². The zero-order valence-electron chi connectivity index (χ0n) is 4.23. The largest absolute Gasteiger partial charge is 0.377 e. The van der Waals surface area contributed by atoms with Gasteiger partial charge >= 0.3 is 0 Å². The summed E-state index contributed by atoms with van der Waals surface area (Å²) in [6.07, 6.45) is 0.958. The summed E-state index contributed by atoms with van der Waals surface area (Å²) in [7, 11) is 0.138. The molecule has 0 amide bonds. The van der Waals surface area contributed by atoms with E-state index in [1.807, 2.05) is 0 Å². The molecule has 0 aliphatic carbocycles. The van der Waals surface area contributed by atoms with E-state index in [2.05, 4.69) is 13.8 Å². The van der Waals surface area contributed by atoms with Crippen LogP contribution in [0, 0.1) is 5.92 Å². The average Bonchev–Trinajstić information content (AvgIpc) is 1.35. The number of rotatable bonds is 2. The summed E-state index contributed by atoms with van der Waals surface area (Å²) in [4.78, 5) is 8.26. The zero-order chi connectivity index (χ0) is 4.99. The SMILES string of the molecule is CC(C)CPO. The topological polar surface area (TPSA) is 20.2 Å². The quantitative estimate of drug-likeness (QED) is 0.525. The van der Waals surface area contributed by atoms with Crippen molar-refractivity contribution in [3.63, 3.8) is 0 Å². The van der Waals surface area contributed by atoms with Gasteiger partial charge < -0.3 is 4.89 Å². The highest BCUT2D eigenvalue weighted by molar-refractivity contribution is 7.31. The third-order valence-corrected chi connectivity index (χ3v) is 1.50. The summed E-state index contributed by atoms with van der Waals surface area (Å²) in [5.41, 5.74) is 0. The molecule has 0 fully saturated rings. The van der Waals surface area contributed by atoms with Gasteiger partial charge in [0.1, 0.15) is 0 Å². The minimum absolute atomic E-state index is 0.138. The summed E-state index contributed by atoms with van der Waals surface area (Å²) in [6, 6.07) is 0. The molecule has 0 radical (unpaired) electrons. The molecule has 1 N–H and O–H groups in total. The molecule has 2 heteroatoms. The molecule has 6 heavy (non-hydrogen) atoms. The molecular formula is C4H11OP. The second kappa shape index (κ2) is 3.58. The molecule has 0 heterocycles. The normalized spacial score (nSPS) is 12.0. The van der Waals surface area contributed by atoms with Crippen LogP contribution in [0.1, 0.15) is 13.8 Å². The number of hydrogen-bond acceptors (Lipinski definition) is 1. The first-order valence-electron chi connectivity index (χ1n) is 2.14. The molecule has 0 rings (SSSR count). The van der Waals surface area contributed by atoms with Crippen LogP contribution in [0.2, 0.25) is 0 Å². The highest BCUT2D eigenvalue weighted by Gasteiger charge is 1.86. The zero-order valence-corrected chi connectivity index (χ0v) is 5.23. The Morgan fingerprint density at radius 2 is 2.17 bits per heavy atom. The van der Waals surface area contributed by atoms with Gasteiger partial charge in [0.05, 0.1) is 0 Å². The van der Waals surface area contributed by atoms with Crippen molar-refractivity contribution in [2.75, 3.05) is 6.16 Å². The van der Waals surface area contributed by atoms with Crippen molar-refractivity contribution in [1.82, 2.24) is 0 Å². The summed E-state index contributed by atoms with van der Waals surface area (Å²) in [5.74, 6) is 0.660. The lowest BCUT2D eigenvalue weighted by atomic mass is 10.3. The molecule has 0 saturated carbocycles. The maximum absolute atomic E-state index is 8.26. The van der Waals surface area contributed by atoms with E-state index < -0.39 is 0 Å². The predicted molar refractivity (Wildman–Crippen MR) is 30.2 cm³/mol. The van der Waals surface area contributed by atoms with Gasteiger partial charge in [-0.3, -0.25) is 0 Å². The van der Waals surface area contributed by atoms with Crippen LogP contribution in [0.15, 0.2) is 0 Å². The lowest BCUT2D eigenvalue weighted by Crippen LogP contribution is -1.85. The molecule has 1 unspecified atom stereocenters. The minimum Gasteiger partial charge on any atom is -0.377 e. The summed E-state index contributed by atoms with van der Waals surface area (Å²) >= 11 is 0. The minimum atomic E-state index is 0.138. The van der Waals surface area contributed by atoms with E-state index >= 15 is 0 Å². The van der Waals surface area contributed by atoms with E-state index in [-0.39, 0.29) is 8.81 Å². The van der Waals surface area contributed by atoms with Crippen LogP contribution in [-0.2, 0) is 0 Å². The lowest BCUT2D eigenvalue weighted by molar-refractivity contribution is 0.625. The first kappa shape index (κ1) is 6.39. The molecule has 1 atom stereocenters. The van der Waals surface area contributed by atoms with E-state index in [1.54, 1.807) is 0 Å². The average molecular weight is 106 g/mol. The van der Waals surface area contributed by atoms with E-state index in [1.165, 1.54) is 0 Å². The van der Waals surface area contributed by atoms with Gasteiger partial charge in [-0.2, -0.15) is 0 Å². The van der Waals surface area contributed by atoms with E-state index in [9.17, 15) is 0 Å². The molecule has 1 nitrogen and oxygen atoms in total. The van der Waals surface area contributed by atoms with Gasteiger partial charge in [0.25, 0.3) is 0 Å². The van der Waals surface area contributed by atoms with Crippen molar-refractivity contribution in [2.45, 2.75) is 13.8 Å². The molecule has 0 aromatic rings. The Hall–Kier alpha value is 0.390. The van der Waals surface area contributed by atoms with E-state index in [0.717, 1.165) is 6.16 Å².